The molecule has 4 rings (SSSR count). The second-order valence-electron chi connectivity index (χ2n) is 4.94. The molecular weight excluding hydrogens is 373 g/mol. The van der Waals surface area contributed by atoms with Crippen LogP contribution in [0.4, 0.5) is 5.95 Å². The molecule has 0 aliphatic carbocycles. The molecule has 0 radical (unpaired) electrons. The molecule has 0 saturated carbocycles. The Kier molecular flexibility index (Phi) is 2.85. The maximum atomic E-state index is 6.18. The predicted molar refractivity (Wildman–Crippen MR) is 95.7 cm³/mol. The smallest absolute Gasteiger partial charge is 0.205 e. The van der Waals surface area contributed by atoms with Crippen LogP contribution in [0.1, 0.15) is 0 Å². The zero-order chi connectivity index (χ0) is 14.4. The molecule has 0 saturated heterocycles. The number of fused-ring (bicyclic) bond motifs is 2. The summed E-state index contributed by atoms with van der Waals surface area (Å²) in [4.78, 5) is 4.49. The molecule has 0 fully saturated rings. The topological polar surface area (TPSA) is 43.8 Å². The van der Waals surface area contributed by atoms with Gasteiger partial charge in [-0.2, -0.15) is 0 Å². The van der Waals surface area contributed by atoms with Crippen molar-refractivity contribution in [3.05, 3.63) is 64.2 Å². The minimum absolute atomic E-state index is 0.517. The van der Waals surface area contributed by atoms with E-state index in [-0.39, 0.29) is 0 Å². The Morgan fingerprint density at radius 3 is 2.67 bits per heavy atom. The molecule has 1 aromatic heterocycles. The zero-order valence-electron chi connectivity index (χ0n) is 11.1. The van der Waals surface area contributed by atoms with Gasteiger partial charge in [0.1, 0.15) is 0 Å². The van der Waals surface area contributed by atoms with Gasteiger partial charge in [0.05, 0.1) is 16.7 Å². The second kappa shape index (κ2) is 4.73. The van der Waals surface area contributed by atoms with Crippen molar-refractivity contribution in [1.29, 1.82) is 0 Å². The fraction of sp³-hybridized carbons (Fsp3) is 0. The van der Waals surface area contributed by atoms with Crippen LogP contribution in [0.5, 0.6) is 0 Å². The number of nitrogens with zero attached hydrogens (tertiary/aromatic N) is 2. The minimum atomic E-state index is 0.517. The van der Waals surface area contributed by atoms with Crippen LogP contribution in [0, 0.1) is 3.57 Å². The van der Waals surface area contributed by atoms with Crippen molar-refractivity contribution >= 4 is 50.3 Å². The highest BCUT2D eigenvalue weighted by molar-refractivity contribution is 14.1. The third kappa shape index (κ3) is 1.98. The number of benzene rings is 3. The van der Waals surface area contributed by atoms with Crippen LogP contribution >= 0.6 is 22.6 Å². The van der Waals surface area contributed by atoms with Gasteiger partial charge in [-0.1, -0.05) is 36.4 Å². The van der Waals surface area contributed by atoms with Gasteiger partial charge in [0, 0.05) is 8.96 Å². The van der Waals surface area contributed by atoms with Gasteiger partial charge in [-0.25, -0.2) is 4.98 Å². The van der Waals surface area contributed by atoms with E-state index in [1.807, 2.05) is 22.8 Å². The van der Waals surface area contributed by atoms with E-state index in [1.165, 1.54) is 10.8 Å². The van der Waals surface area contributed by atoms with Gasteiger partial charge >= 0.3 is 0 Å². The first-order valence-electron chi connectivity index (χ1n) is 6.66. The number of nitrogens with two attached hydrogens (primary N) is 1. The van der Waals surface area contributed by atoms with Gasteiger partial charge in [-0.05, 0) is 52.2 Å². The number of hydrogen-bond acceptors (Lipinski definition) is 2. The van der Waals surface area contributed by atoms with Crippen molar-refractivity contribution in [2.45, 2.75) is 0 Å². The molecule has 0 spiro atoms. The van der Waals surface area contributed by atoms with Crippen LogP contribution in [-0.4, -0.2) is 9.55 Å². The molecular formula is C17H12IN3. The quantitative estimate of drug-likeness (QED) is 0.495. The number of aromatic nitrogens is 2. The summed E-state index contributed by atoms with van der Waals surface area (Å²) in [5.74, 6) is 0.517. The molecule has 4 aromatic rings. The van der Waals surface area contributed by atoms with Gasteiger partial charge < -0.3 is 5.73 Å². The molecule has 102 valence electrons. The standard InChI is InChI=1S/C17H12IN3/c18-12-8-9-16-14(10-12)20-17(19)21(16)15-7-3-5-11-4-1-2-6-13(11)15/h1-10H,(H2,19,20). The molecule has 4 heteroatoms. The Hall–Kier alpha value is -2.08. The zero-order valence-corrected chi connectivity index (χ0v) is 13.3. The Balaban J connectivity index is 2.11. The molecule has 0 unspecified atom stereocenters. The molecule has 0 atom stereocenters. The largest absolute Gasteiger partial charge is 0.369 e. The summed E-state index contributed by atoms with van der Waals surface area (Å²) < 4.78 is 3.18. The summed E-state index contributed by atoms with van der Waals surface area (Å²) >= 11 is 2.29. The lowest BCUT2D eigenvalue weighted by Gasteiger charge is -2.10. The maximum absolute atomic E-state index is 6.18. The Labute approximate surface area is 135 Å². The number of hydrogen-bond donors (Lipinski definition) is 1. The number of anilines is 1. The van der Waals surface area contributed by atoms with Crippen molar-refractivity contribution in [3.63, 3.8) is 0 Å². The van der Waals surface area contributed by atoms with E-state index < -0.39 is 0 Å². The summed E-state index contributed by atoms with van der Waals surface area (Å²) in [6.07, 6.45) is 0. The first-order chi connectivity index (χ1) is 10.2. The lowest BCUT2D eigenvalue weighted by Crippen LogP contribution is -2.01. The summed E-state index contributed by atoms with van der Waals surface area (Å²) in [6, 6.07) is 20.7. The van der Waals surface area contributed by atoms with Gasteiger partial charge in [0.15, 0.2) is 0 Å². The van der Waals surface area contributed by atoms with Crippen LogP contribution < -0.4 is 5.73 Å². The van der Waals surface area contributed by atoms with E-state index in [0.717, 1.165) is 20.3 Å². The number of nitrogen functional groups attached to an aromatic ring is 1. The molecule has 3 aromatic carbocycles. The molecule has 0 aliphatic heterocycles. The van der Waals surface area contributed by atoms with Crippen molar-refractivity contribution in [3.8, 4) is 5.69 Å². The second-order valence-corrected chi connectivity index (χ2v) is 6.18. The SMILES string of the molecule is Nc1nc2cc(I)ccc2n1-c1cccc2ccccc12. The minimum Gasteiger partial charge on any atom is -0.369 e. The molecule has 21 heavy (non-hydrogen) atoms. The third-order valence-corrected chi connectivity index (χ3v) is 4.32. The normalized spacial score (nSPS) is 11.3. The number of imidazole rings is 1. The van der Waals surface area contributed by atoms with Crippen LogP contribution in [-0.2, 0) is 0 Å². The fourth-order valence-electron chi connectivity index (χ4n) is 2.73. The number of rotatable bonds is 1. The highest BCUT2D eigenvalue weighted by atomic mass is 127. The van der Waals surface area contributed by atoms with Crippen molar-refractivity contribution in [2.75, 3.05) is 5.73 Å². The molecule has 2 N–H and O–H groups in total. The lowest BCUT2D eigenvalue weighted by atomic mass is 10.1. The van der Waals surface area contributed by atoms with Crippen LogP contribution in [0.3, 0.4) is 0 Å². The molecule has 1 heterocycles. The molecule has 0 aliphatic rings. The predicted octanol–water partition coefficient (Wildman–Crippen LogP) is 4.37. The Morgan fingerprint density at radius 2 is 1.76 bits per heavy atom. The first kappa shape index (κ1) is 12.6. The summed E-state index contributed by atoms with van der Waals surface area (Å²) in [5.41, 5.74) is 9.20. The van der Waals surface area contributed by atoms with Gasteiger partial charge in [-0.3, -0.25) is 4.57 Å². The van der Waals surface area contributed by atoms with Crippen molar-refractivity contribution in [2.24, 2.45) is 0 Å². The summed E-state index contributed by atoms with van der Waals surface area (Å²) in [6.45, 7) is 0. The van der Waals surface area contributed by atoms with Gasteiger partial charge in [-0.15, -0.1) is 0 Å². The Morgan fingerprint density at radius 1 is 0.952 bits per heavy atom. The first-order valence-corrected chi connectivity index (χ1v) is 7.73. The van der Waals surface area contributed by atoms with Crippen LogP contribution in [0.2, 0.25) is 0 Å². The van der Waals surface area contributed by atoms with Crippen molar-refractivity contribution < 1.29 is 0 Å². The van der Waals surface area contributed by atoms with E-state index in [9.17, 15) is 0 Å². The van der Waals surface area contributed by atoms with E-state index in [2.05, 4.69) is 70.0 Å². The van der Waals surface area contributed by atoms with E-state index in [4.69, 9.17) is 5.73 Å². The average molecular weight is 385 g/mol. The summed E-state index contributed by atoms with van der Waals surface area (Å²) in [5, 5.41) is 2.37. The van der Waals surface area contributed by atoms with Gasteiger partial charge in [0.2, 0.25) is 5.95 Å². The van der Waals surface area contributed by atoms with Crippen molar-refractivity contribution in [1.82, 2.24) is 9.55 Å². The Bertz CT molecular complexity index is 967. The highest BCUT2D eigenvalue weighted by Gasteiger charge is 2.12. The highest BCUT2D eigenvalue weighted by Crippen LogP contribution is 2.29. The monoisotopic (exact) mass is 385 g/mol. The molecule has 0 bridgehead atoms. The lowest BCUT2D eigenvalue weighted by molar-refractivity contribution is 1.12. The van der Waals surface area contributed by atoms with E-state index >= 15 is 0 Å². The molecule has 0 amide bonds. The fourth-order valence-corrected chi connectivity index (χ4v) is 3.20. The molecule has 3 nitrogen and oxygen atoms in total. The maximum Gasteiger partial charge on any atom is 0.205 e. The summed E-state index contributed by atoms with van der Waals surface area (Å²) in [7, 11) is 0. The van der Waals surface area contributed by atoms with E-state index in [0.29, 0.717) is 5.95 Å². The van der Waals surface area contributed by atoms with Crippen LogP contribution in [0.25, 0.3) is 27.5 Å². The van der Waals surface area contributed by atoms with Gasteiger partial charge in [0.25, 0.3) is 0 Å². The van der Waals surface area contributed by atoms with Crippen LogP contribution in [0.15, 0.2) is 60.7 Å². The van der Waals surface area contributed by atoms with E-state index in [1.54, 1.807) is 0 Å². The third-order valence-electron chi connectivity index (χ3n) is 3.65. The number of halogens is 1. The average Bonchev–Trinajstić information content (AvgIpc) is 2.81.